The van der Waals surface area contributed by atoms with E-state index in [0.717, 1.165) is 12.8 Å². The van der Waals surface area contributed by atoms with Crippen molar-refractivity contribution >= 4 is 11.9 Å². The highest BCUT2D eigenvalue weighted by Crippen LogP contribution is 2.35. The van der Waals surface area contributed by atoms with Crippen LogP contribution in [0.25, 0.3) is 0 Å². The third-order valence-electron chi connectivity index (χ3n) is 3.38. The third kappa shape index (κ3) is 3.08. The summed E-state index contributed by atoms with van der Waals surface area (Å²) in [5.41, 5.74) is -0.732. The van der Waals surface area contributed by atoms with E-state index in [9.17, 15) is 14.7 Å². The van der Waals surface area contributed by atoms with Crippen LogP contribution < -0.4 is 0 Å². The summed E-state index contributed by atoms with van der Waals surface area (Å²) in [7, 11) is 0. The molecule has 0 aromatic rings. The summed E-state index contributed by atoms with van der Waals surface area (Å²) in [6.45, 7) is 4.79. The molecule has 0 spiro atoms. The molecule has 96 valence electrons. The molecule has 0 radical (unpaired) electrons. The molecular formula is C13H21NO3. The molecule has 1 aliphatic rings. The molecule has 1 heterocycles. The van der Waals surface area contributed by atoms with Gasteiger partial charge in [-0.05, 0) is 32.3 Å². The van der Waals surface area contributed by atoms with Gasteiger partial charge in [0.05, 0.1) is 5.41 Å². The first kappa shape index (κ1) is 13.7. The number of allylic oxidation sites excluding steroid dienone is 1. The van der Waals surface area contributed by atoms with Gasteiger partial charge in [-0.25, -0.2) is 0 Å². The Hall–Kier alpha value is -1.32. The van der Waals surface area contributed by atoms with Crippen LogP contribution in [0.5, 0.6) is 0 Å². The second-order valence-corrected chi connectivity index (χ2v) is 4.70. The maximum absolute atomic E-state index is 11.8. The zero-order chi connectivity index (χ0) is 12.9. The largest absolute Gasteiger partial charge is 0.481 e. The number of carbonyl (C=O) groups is 2. The molecule has 4 heteroatoms. The average Bonchev–Trinajstić information content (AvgIpc) is 2.30. The van der Waals surface area contributed by atoms with E-state index >= 15 is 0 Å². The molecule has 1 amide bonds. The molecule has 0 saturated carbocycles. The van der Waals surface area contributed by atoms with Crippen molar-refractivity contribution in [3.05, 3.63) is 12.2 Å². The molecule has 17 heavy (non-hydrogen) atoms. The van der Waals surface area contributed by atoms with Crippen molar-refractivity contribution in [3.63, 3.8) is 0 Å². The Morgan fingerprint density at radius 1 is 1.47 bits per heavy atom. The molecule has 1 saturated heterocycles. The molecule has 1 unspecified atom stereocenters. The first-order valence-electron chi connectivity index (χ1n) is 6.21. The smallest absolute Gasteiger partial charge is 0.311 e. The standard InChI is InChI=1S/C13H21NO3/c1-3-6-11(15)14-9-5-8-13(10-14,7-4-2)12(16)17/h3,6H,4-5,7-10H2,1-2H3,(H,16,17)/b6-3+. The summed E-state index contributed by atoms with van der Waals surface area (Å²) < 4.78 is 0. The van der Waals surface area contributed by atoms with E-state index in [4.69, 9.17) is 0 Å². The lowest BCUT2D eigenvalue weighted by Gasteiger charge is -2.39. The Labute approximate surface area is 102 Å². The van der Waals surface area contributed by atoms with Gasteiger partial charge in [-0.1, -0.05) is 19.4 Å². The lowest BCUT2D eigenvalue weighted by atomic mass is 9.76. The van der Waals surface area contributed by atoms with Gasteiger partial charge >= 0.3 is 5.97 Å². The topological polar surface area (TPSA) is 57.6 Å². The van der Waals surface area contributed by atoms with E-state index in [1.165, 1.54) is 6.08 Å². The van der Waals surface area contributed by atoms with Crippen LogP contribution in [-0.4, -0.2) is 35.0 Å². The van der Waals surface area contributed by atoms with Gasteiger partial charge in [-0.15, -0.1) is 0 Å². The van der Waals surface area contributed by atoms with Crippen LogP contribution in [-0.2, 0) is 9.59 Å². The van der Waals surface area contributed by atoms with E-state index in [1.807, 2.05) is 6.92 Å². The maximum atomic E-state index is 11.8. The number of rotatable bonds is 4. The van der Waals surface area contributed by atoms with Gasteiger partial charge in [0.1, 0.15) is 0 Å². The lowest BCUT2D eigenvalue weighted by Crippen LogP contribution is -2.49. The molecule has 0 aliphatic carbocycles. The molecule has 0 aromatic heterocycles. The van der Waals surface area contributed by atoms with E-state index in [0.29, 0.717) is 25.9 Å². The predicted molar refractivity (Wildman–Crippen MR) is 65.6 cm³/mol. The number of carboxylic acid groups (broad SMARTS) is 1. The summed E-state index contributed by atoms with van der Waals surface area (Å²) >= 11 is 0. The van der Waals surface area contributed by atoms with Crippen LogP contribution in [0.1, 0.15) is 39.5 Å². The van der Waals surface area contributed by atoms with Crippen LogP contribution >= 0.6 is 0 Å². The Morgan fingerprint density at radius 2 is 2.18 bits per heavy atom. The fourth-order valence-corrected chi connectivity index (χ4v) is 2.53. The average molecular weight is 239 g/mol. The Kier molecular flexibility index (Phi) is 4.73. The summed E-state index contributed by atoms with van der Waals surface area (Å²) in [5, 5.41) is 9.39. The molecule has 0 bridgehead atoms. The number of piperidine rings is 1. The zero-order valence-corrected chi connectivity index (χ0v) is 10.6. The summed E-state index contributed by atoms with van der Waals surface area (Å²) in [6.07, 6.45) is 6.12. The Morgan fingerprint density at radius 3 is 2.71 bits per heavy atom. The second kappa shape index (κ2) is 5.84. The van der Waals surface area contributed by atoms with Crippen molar-refractivity contribution < 1.29 is 14.7 Å². The van der Waals surface area contributed by atoms with E-state index in [-0.39, 0.29) is 5.91 Å². The van der Waals surface area contributed by atoms with Gasteiger partial charge in [0.15, 0.2) is 0 Å². The van der Waals surface area contributed by atoms with Gasteiger partial charge in [0, 0.05) is 13.1 Å². The molecule has 1 rings (SSSR count). The predicted octanol–water partition coefficient (Wildman–Crippen LogP) is 2.06. The normalized spacial score (nSPS) is 25.2. The minimum atomic E-state index is -0.766. The molecule has 0 aromatic carbocycles. The van der Waals surface area contributed by atoms with Crippen molar-refractivity contribution in [2.45, 2.75) is 39.5 Å². The van der Waals surface area contributed by atoms with Crippen molar-refractivity contribution in [1.29, 1.82) is 0 Å². The number of carbonyl (C=O) groups excluding carboxylic acids is 1. The van der Waals surface area contributed by atoms with Crippen LogP contribution in [0.4, 0.5) is 0 Å². The SMILES string of the molecule is C/C=C/C(=O)N1CCCC(CCC)(C(=O)O)C1. The van der Waals surface area contributed by atoms with E-state index < -0.39 is 11.4 Å². The number of nitrogens with zero attached hydrogens (tertiary/aromatic N) is 1. The summed E-state index contributed by atoms with van der Waals surface area (Å²) in [5.74, 6) is -0.841. The summed E-state index contributed by atoms with van der Waals surface area (Å²) in [6, 6.07) is 0. The van der Waals surface area contributed by atoms with Crippen molar-refractivity contribution in [2.24, 2.45) is 5.41 Å². The highest BCUT2D eigenvalue weighted by molar-refractivity contribution is 5.88. The van der Waals surface area contributed by atoms with E-state index in [1.54, 1.807) is 17.9 Å². The number of hydrogen-bond donors (Lipinski definition) is 1. The first-order valence-corrected chi connectivity index (χ1v) is 6.21. The van der Waals surface area contributed by atoms with Gasteiger partial charge in [0.25, 0.3) is 0 Å². The minimum absolute atomic E-state index is 0.0751. The quantitative estimate of drug-likeness (QED) is 0.764. The first-order chi connectivity index (χ1) is 8.05. The second-order valence-electron chi connectivity index (χ2n) is 4.70. The minimum Gasteiger partial charge on any atom is -0.481 e. The lowest BCUT2D eigenvalue weighted by molar-refractivity contribution is -0.154. The Balaban J connectivity index is 2.81. The maximum Gasteiger partial charge on any atom is 0.311 e. The summed E-state index contributed by atoms with van der Waals surface area (Å²) in [4.78, 5) is 24.9. The third-order valence-corrected chi connectivity index (χ3v) is 3.38. The van der Waals surface area contributed by atoms with Crippen molar-refractivity contribution in [1.82, 2.24) is 4.90 Å². The van der Waals surface area contributed by atoms with Crippen LogP contribution in [0, 0.1) is 5.41 Å². The molecular weight excluding hydrogens is 218 g/mol. The Bertz CT molecular complexity index is 321. The van der Waals surface area contributed by atoms with Gasteiger partial charge in [-0.3, -0.25) is 9.59 Å². The number of hydrogen-bond acceptors (Lipinski definition) is 2. The number of aliphatic carboxylic acids is 1. The molecule has 1 atom stereocenters. The van der Waals surface area contributed by atoms with E-state index in [2.05, 4.69) is 0 Å². The monoisotopic (exact) mass is 239 g/mol. The fourth-order valence-electron chi connectivity index (χ4n) is 2.53. The number of likely N-dealkylation sites (tertiary alicyclic amines) is 1. The van der Waals surface area contributed by atoms with Crippen LogP contribution in [0.15, 0.2) is 12.2 Å². The van der Waals surface area contributed by atoms with Gasteiger partial charge in [0.2, 0.25) is 5.91 Å². The number of carboxylic acids is 1. The number of amides is 1. The van der Waals surface area contributed by atoms with Gasteiger partial charge < -0.3 is 10.0 Å². The molecule has 1 fully saturated rings. The van der Waals surface area contributed by atoms with Crippen molar-refractivity contribution in [2.75, 3.05) is 13.1 Å². The highest BCUT2D eigenvalue weighted by Gasteiger charge is 2.42. The highest BCUT2D eigenvalue weighted by atomic mass is 16.4. The van der Waals surface area contributed by atoms with Gasteiger partial charge in [-0.2, -0.15) is 0 Å². The van der Waals surface area contributed by atoms with Crippen molar-refractivity contribution in [3.8, 4) is 0 Å². The van der Waals surface area contributed by atoms with Crippen LogP contribution in [0.2, 0.25) is 0 Å². The van der Waals surface area contributed by atoms with Crippen LogP contribution in [0.3, 0.4) is 0 Å². The molecule has 1 N–H and O–H groups in total. The molecule has 1 aliphatic heterocycles. The molecule has 4 nitrogen and oxygen atoms in total. The zero-order valence-electron chi connectivity index (χ0n) is 10.6. The fraction of sp³-hybridized carbons (Fsp3) is 0.692.